The zero-order valence-corrected chi connectivity index (χ0v) is 10.8. The summed E-state index contributed by atoms with van der Waals surface area (Å²) in [4.78, 5) is 21.9. The van der Waals surface area contributed by atoms with Gasteiger partial charge in [-0.25, -0.2) is 4.39 Å². The van der Waals surface area contributed by atoms with E-state index in [9.17, 15) is 19.3 Å². The first kappa shape index (κ1) is 14.2. The lowest BCUT2D eigenvalue weighted by molar-refractivity contribution is -0.384. The highest BCUT2D eigenvalue weighted by Crippen LogP contribution is 2.28. The number of benzene rings is 1. The molecule has 2 rings (SSSR count). The van der Waals surface area contributed by atoms with Crippen molar-refractivity contribution in [3.63, 3.8) is 0 Å². The molecular weight excluding hydrogens is 269 g/mol. The number of halogens is 1. The molecule has 7 nitrogen and oxygen atoms in total. The van der Waals surface area contributed by atoms with Crippen LogP contribution in [0.15, 0.2) is 12.1 Å². The molecule has 3 N–H and O–H groups in total. The summed E-state index contributed by atoms with van der Waals surface area (Å²) < 4.78 is 18.7. The van der Waals surface area contributed by atoms with Crippen molar-refractivity contribution in [2.24, 2.45) is 0 Å². The van der Waals surface area contributed by atoms with E-state index in [0.717, 1.165) is 12.1 Å². The highest BCUT2D eigenvalue weighted by Gasteiger charge is 2.32. The predicted molar refractivity (Wildman–Crippen MR) is 68.8 cm³/mol. The van der Waals surface area contributed by atoms with Crippen LogP contribution in [-0.4, -0.2) is 30.1 Å². The average Bonchev–Trinajstić information content (AvgIpc) is 2.32. The van der Waals surface area contributed by atoms with Crippen molar-refractivity contribution in [2.45, 2.75) is 25.0 Å². The van der Waals surface area contributed by atoms with E-state index in [1.807, 2.05) is 0 Å². The number of amides is 1. The topological polar surface area (TPSA) is 107 Å². The van der Waals surface area contributed by atoms with E-state index in [0.29, 0.717) is 12.8 Å². The first-order valence-corrected chi connectivity index (χ1v) is 6.00. The van der Waals surface area contributed by atoms with Crippen molar-refractivity contribution < 1.29 is 18.8 Å². The molecular formula is C12H14FN3O4. The smallest absolute Gasteiger partial charge is 0.293 e. The number of ether oxygens (including phenoxy) is 1. The number of anilines is 1. The Morgan fingerprint density at radius 3 is 2.75 bits per heavy atom. The van der Waals surface area contributed by atoms with E-state index in [4.69, 9.17) is 10.5 Å². The Bertz CT molecular complexity index is 558. The van der Waals surface area contributed by atoms with Crippen molar-refractivity contribution in [1.82, 2.24) is 5.32 Å². The van der Waals surface area contributed by atoms with Crippen molar-refractivity contribution >= 4 is 17.3 Å². The molecule has 1 fully saturated rings. The number of hydrogen-bond acceptors (Lipinski definition) is 5. The Labute approximate surface area is 114 Å². The molecule has 0 saturated heterocycles. The molecule has 0 atom stereocenters. The second-order valence-electron chi connectivity index (χ2n) is 4.61. The molecule has 1 saturated carbocycles. The van der Waals surface area contributed by atoms with Gasteiger partial charge in [-0.1, -0.05) is 0 Å². The zero-order valence-electron chi connectivity index (χ0n) is 10.8. The maximum Gasteiger partial charge on any atom is 0.293 e. The van der Waals surface area contributed by atoms with Gasteiger partial charge in [0.25, 0.3) is 11.6 Å². The number of nitrogens with two attached hydrogens (primary N) is 1. The lowest BCUT2D eigenvalue weighted by atomic mass is 9.89. The lowest BCUT2D eigenvalue weighted by Gasteiger charge is -2.34. The third kappa shape index (κ3) is 2.55. The van der Waals surface area contributed by atoms with Gasteiger partial charge in [0.05, 0.1) is 11.0 Å². The molecule has 0 spiro atoms. The van der Waals surface area contributed by atoms with Crippen LogP contribution in [-0.2, 0) is 4.74 Å². The molecule has 0 aromatic heterocycles. The fraction of sp³-hybridized carbons (Fsp3) is 0.417. The van der Waals surface area contributed by atoms with Crippen LogP contribution in [0.3, 0.4) is 0 Å². The van der Waals surface area contributed by atoms with E-state index in [-0.39, 0.29) is 12.1 Å². The minimum atomic E-state index is -0.881. The summed E-state index contributed by atoms with van der Waals surface area (Å²) in [5.74, 6) is -1.63. The van der Waals surface area contributed by atoms with Gasteiger partial charge >= 0.3 is 0 Å². The second-order valence-corrected chi connectivity index (χ2v) is 4.61. The van der Waals surface area contributed by atoms with Gasteiger partial charge in [0.15, 0.2) is 0 Å². The van der Waals surface area contributed by atoms with Gasteiger partial charge in [-0.2, -0.15) is 0 Å². The van der Waals surface area contributed by atoms with Crippen LogP contribution >= 0.6 is 0 Å². The number of nitro groups is 1. The maximum absolute atomic E-state index is 13.7. The number of carbonyl (C=O) groups excluding carboxylic acids is 1. The number of hydrogen-bond donors (Lipinski definition) is 2. The Morgan fingerprint density at radius 1 is 1.55 bits per heavy atom. The number of carbonyl (C=O) groups is 1. The molecule has 108 valence electrons. The third-order valence-corrected chi connectivity index (χ3v) is 3.36. The van der Waals surface area contributed by atoms with Gasteiger partial charge in [0.1, 0.15) is 17.1 Å². The monoisotopic (exact) mass is 283 g/mol. The van der Waals surface area contributed by atoms with Crippen molar-refractivity contribution in [2.75, 3.05) is 12.8 Å². The van der Waals surface area contributed by atoms with Gasteiger partial charge in [-0.05, 0) is 18.9 Å². The summed E-state index contributed by atoms with van der Waals surface area (Å²) in [6.07, 6.45) is 1.32. The summed E-state index contributed by atoms with van der Waals surface area (Å²) in [6, 6.07) is 1.67. The Kier molecular flexibility index (Phi) is 3.84. The first-order valence-electron chi connectivity index (χ1n) is 6.00. The third-order valence-electron chi connectivity index (χ3n) is 3.36. The summed E-state index contributed by atoms with van der Waals surface area (Å²) in [7, 11) is 1.57. The van der Waals surface area contributed by atoms with Crippen molar-refractivity contribution in [3.05, 3.63) is 33.6 Å². The normalized spacial score (nSPS) is 21.1. The van der Waals surface area contributed by atoms with Crippen LogP contribution in [0.4, 0.5) is 15.8 Å². The molecule has 1 amide bonds. The van der Waals surface area contributed by atoms with E-state index in [1.165, 1.54) is 0 Å². The molecule has 0 radical (unpaired) electrons. The average molecular weight is 283 g/mol. The molecule has 0 bridgehead atoms. The molecule has 0 aliphatic heterocycles. The quantitative estimate of drug-likeness (QED) is 0.491. The minimum absolute atomic E-state index is 0.0765. The fourth-order valence-corrected chi connectivity index (χ4v) is 2.11. The predicted octanol–water partition coefficient (Wildman–Crippen LogP) is 1.22. The molecule has 1 aliphatic rings. The largest absolute Gasteiger partial charge is 0.392 e. The summed E-state index contributed by atoms with van der Waals surface area (Å²) in [6.45, 7) is 0. The van der Waals surface area contributed by atoms with Crippen LogP contribution in [0.2, 0.25) is 0 Å². The van der Waals surface area contributed by atoms with Gasteiger partial charge in [-0.15, -0.1) is 0 Å². The van der Waals surface area contributed by atoms with E-state index >= 15 is 0 Å². The number of nitrogens with one attached hydrogen (secondary N) is 1. The van der Waals surface area contributed by atoms with Crippen molar-refractivity contribution in [1.29, 1.82) is 0 Å². The molecule has 20 heavy (non-hydrogen) atoms. The van der Waals surface area contributed by atoms with Crippen LogP contribution in [0.5, 0.6) is 0 Å². The summed E-state index contributed by atoms with van der Waals surface area (Å²) >= 11 is 0. The van der Waals surface area contributed by atoms with Gasteiger partial charge in [0, 0.05) is 19.2 Å². The first-order chi connectivity index (χ1) is 9.43. The molecule has 0 heterocycles. The van der Waals surface area contributed by atoms with Crippen LogP contribution in [0.1, 0.15) is 23.2 Å². The van der Waals surface area contributed by atoms with Crippen LogP contribution in [0.25, 0.3) is 0 Å². The fourth-order valence-electron chi connectivity index (χ4n) is 2.11. The Balaban J connectivity index is 2.17. The zero-order chi connectivity index (χ0) is 14.9. The van der Waals surface area contributed by atoms with Crippen molar-refractivity contribution in [3.8, 4) is 0 Å². The number of methoxy groups -OCH3 is 1. The molecule has 1 aromatic rings. The number of nitrogens with zero attached hydrogens (tertiary/aromatic N) is 1. The minimum Gasteiger partial charge on any atom is -0.392 e. The number of rotatable bonds is 4. The Morgan fingerprint density at radius 2 is 2.20 bits per heavy atom. The van der Waals surface area contributed by atoms with Gasteiger partial charge in [0.2, 0.25) is 0 Å². The Hall–Kier alpha value is -2.22. The molecule has 1 aliphatic carbocycles. The molecule has 0 unspecified atom stereocenters. The van der Waals surface area contributed by atoms with Crippen LogP contribution < -0.4 is 11.1 Å². The van der Waals surface area contributed by atoms with E-state index in [1.54, 1.807) is 7.11 Å². The second kappa shape index (κ2) is 5.41. The SMILES string of the molecule is COC1CC(NC(=O)c2c(F)ccc([N+](=O)[O-])c2N)C1. The molecule has 1 aromatic carbocycles. The van der Waals surface area contributed by atoms with Gasteiger partial charge in [-0.3, -0.25) is 14.9 Å². The lowest BCUT2D eigenvalue weighted by Crippen LogP contribution is -2.47. The number of nitro benzene ring substituents is 1. The molecule has 8 heteroatoms. The van der Waals surface area contributed by atoms with Crippen LogP contribution in [0, 0.1) is 15.9 Å². The highest BCUT2D eigenvalue weighted by molar-refractivity contribution is 6.01. The van der Waals surface area contributed by atoms with E-state index in [2.05, 4.69) is 5.32 Å². The summed E-state index contributed by atoms with van der Waals surface area (Å²) in [5.41, 5.74) is 4.07. The highest BCUT2D eigenvalue weighted by atomic mass is 19.1. The maximum atomic E-state index is 13.7. The van der Waals surface area contributed by atoms with Gasteiger partial charge < -0.3 is 15.8 Å². The summed E-state index contributed by atoms with van der Waals surface area (Å²) in [5, 5.41) is 13.3. The standard InChI is InChI=1S/C12H14FN3O4/c1-20-7-4-6(5-7)15-12(17)10-8(13)2-3-9(11(10)14)16(18)19/h2-3,6-7H,4-5,14H2,1H3,(H,15,17). The number of nitrogen functional groups attached to an aromatic ring is 1. The van der Waals surface area contributed by atoms with E-state index < -0.39 is 33.6 Å².